The maximum atomic E-state index is 12.2. The number of allylic oxidation sites excluding steroid dienone is 2. The average molecular weight is 918 g/mol. The fourth-order valence-electron chi connectivity index (χ4n) is 6.28. The van der Waals surface area contributed by atoms with Crippen LogP contribution in [-0.2, 0) is 36.7 Å². The summed E-state index contributed by atoms with van der Waals surface area (Å²) < 4.78 is 5.12. The molecule has 1 N–H and O–H groups in total. The van der Waals surface area contributed by atoms with Crippen LogP contribution in [-0.4, -0.2) is 20.9 Å². The molecule has 2 aromatic carbocycles. The fraction of sp³-hybridized carbons (Fsp3) is 0.465. The molecule has 0 spiro atoms. The summed E-state index contributed by atoms with van der Waals surface area (Å²) in [4.78, 5) is 23.2. The van der Waals surface area contributed by atoms with Crippen LogP contribution in [0.4, 0.5) is 0 Å². The summed E-state index contributed by atoms with van der Waals surface area (Å²) in [6, 6.07) is 15.0. The Hall–Kier alpha value is -2.48. The largest absolute Gasteiger partial charge is 0.512 e. The zero-order valence-electron chi connectivity index (χ0n) is 32.0. The van der Waals surface area contributed by atoms with Crippen LogP contribution in [0.2, 0.25) is 0 Å². The standard InChI is InChI=1S/C28H25N2S3.C15H28O2.Ir/c1-15(2)10-19-12-16-6-7-21-22(26(16)32-19)24-27(33-21)23(29-14-30-24)18-11-17-8-9-31-25(17)20(13-18)28(3,4)5;1-7-14(5,8-2)12(16)11-13(17)15(6,9-3)10-4;/h6-9,12-15H,10H2,1-5H3;11,16H,7-10H2,1-6H3;/q-1;;/b;12-11-;. The van der Waals surface area contributed by atoms with Gasteiger partial charge in [-0.25, -0.2) is 4.98 Å². The normalized spacial score (nSPS) is 12.9. The number of rotatable bonds is 10. The molecule has 4 aromatic heterocycles. The Morgan fingerprint density at radius 2 is 1.55 bits per heavy atom. The van der Waals surface area contributed by atoms with Crippen molar-refractivity contribution in [1.82, 2.24) is 9.97 Å². The van der Waals surface area contributed by atoms with Crippen molar-refractivity contribution in [3.05, 3.63) is 70.4 Å². The molecule has 8 heteroatoms. The maximum Gasteiger partial charge on any atom is 0.164 e. The van der Waals surface area contributed by atoms with Crippen molar-refractivity contribution in [1.29, 1.82) is 0 Å². The Kier molecular flexibility index (Phi) is 13.2. The number of aromatic nitrogens is 2. The third-order valence-electron chi connectivity index (χ3n) is 10.7. The van der Waals surface area contributed by atoms with Crippen molar-refractivity contribution in [2.45, 2.75) is 114 Å². The van der Waals surface area contributed by atoms with Gasteiger partial charge in [0.2, 0.25) is 0 Å². The summed E-state index contributed by atoms with van der Waals surface area (Å²) in [5.74, 6) is 0.940. The van der Waals surface area contributed by atoms with Crippen LogP contribution < -0.4 is 0 Å². The third-order valence-corrected chi connectivity index (χ3v) is 14.0. The molecule has 1 radical (unpaired) electrons. The molecule has 0 aliphatic carbocycles. The monoisotopic (exact) mass is 918 g/mol. The number of aliphatic hydroxyl groups excluding tert-OH is 1. The minimum Gasteiger partial charge on any atom is -0.512 e. The van der Waals surface area contributed by atoms with Crippen LogP contribution in [0.1, 0.15) is 112 Å². The second-order valence-electron chi connectivity index (χ2n) is 15.6. The van der Waals surface area contributed by atoms with Crippen molar-refractivity contribution in [3.63, 3.8) is 0 Å². The molecule has 6 aromatic rings. The number of hydrogen-bond acceptors (Lipinski definition) is 7. The first kappa shape index (κ1) is 41.3. The molecule has 0 saturated heterocycles. The average Bonchev–Trinajstić information content (AvgIpc) is 3.82. The first-order chi connectivity index (χ1) is 23.6. The molecule has 6 rings (SSSR count). The van der Waals surface area contributed by atoms with Crippen LogP contribution in [0, 0.1) is 22.8 Å². The number of ketones is 1. The second kappa shape index (κ2) is 16.3. The van der Waals surface area contributed by atoms with E-state index in [0.717, 1.165) is 53.6 Å². The van der Waals surface area contributed by atoms with Crippen molar-refractivity contribution in [2.24, 2.45) is 16.7 Å². The Balaban J connectivity index is 0.000000279. The van der Waals surface area contributed by atoms with Gasteiger partial charge >= 0.3 is 0 Å². The molecule has 0 bridgehead atoms. The topological polar surface area (TPSA) is 63.1 Å². The van der Waals surface area contributed by atoms with Crippen LogP contribution in [0.15, 0.2) is 53.9 Å². The SMILES string of the molecule is CC(C)Cc1cc2ccc3sc4c(-c5[c-]c6ccsc6c(C(C)(C)C)c5)ncnc4c3c2s1.CCC(C)(CC)C(=O)/C=C(\O)C(C)(CC)CC.[Ir]. The van der Waals surface area contributed by atoms with Crippen LogP contribution >= 0.6 is 34.0 Å². The van der Waals surface area contributed by atoms with Crippen LogP contribution in [0.25, 0.3) is 51.7 Å². The zero-order valence-corrected chi connectivity index (χ0v) is 36.9. The molecule has 0 saturated carbocycles. The first-order valence-corrected chi connectivity index (χ1v) is 20.6. The van der Waals surface area contributed by atoms with E-state index in [-0.39, 0.29) is 47.9 Å². The molecule has 4 nitrogen and oxygen atoms in total. The molecule has 51 heavy (non-hydrogen) atoms. The van der Waals surface area contributed by atoms with Gasteiger partial charge in [-0.3, -0.25) is 9.78 Å². The smallest absolute Gasteiger partial charge is 0.164 e. The van der Waals surface area contributed by atoms with Gasteiger partial charge in [-0.1, -0.05) is 93.4 Å². The Labute approximate surface area is 330 Å². The van der Waals surface area contributed by atoms with E-state index >= 15 is 0 Å². The van der Waals surface area contributed by atoms with Crippen molar-refractivity contribution < 1.29 is 30.0 Å². The van der Waals surface area contributed by atoms with Crippen molar-refractivity contribution in [3.8, 4) is 11.3 Å². The number of benzene rings is 2. The Morgan fingerprint density at radius 3 is 2.16 bits per heavy atom. The van der Waals surface area contributed by atoms with Gasteiger partial charge in [0.1, 0.15) is 12.1 Å². The van der Waals surface area contributed by atoms with E-state index in [9.17, 15) is 9.90 Å². The van der Waals surface area contributed by atoms with E-state index in [2.05, 4.69) is 76.4 Å². The van der Waals surface area contributed by atoms with E-state index in [1.807, 2.05) is 52.9 Å². The van der Waals surface area contributed by atoms with Crippen LogP contribution in [0.3, 0.4) is 0 Å². The van der Waals surface area contributed by atoms with E-state index in [0.29, 0.717) is 5.92 Å². The number of thiophene rings is 3. The van der Waals surface area contributed by atoms with E-state index in [1.54, 1.807) is 29.0 Å². The number of carbonyl (C=O) groups excluding carboxylic acids is 1. The van der Waals surface area contributed by atoms with E-state index < -0.39 is 0 Å². The van der Waals surface area contributed by atoms with Gasteiger partial charge in [0, 0.05) is 67.1 Å². The summed E-state index contributed by atoms with van der Waals surface area (Å²) >= 11 is 5.53. The fourth-order valence-corrected chi connectivity index (χ4v) is 10.0. The minimum absolute atomic E-state index is 0. The molecule has 0 amide bonds. The number of nitrogens with zero attached hydrogens (tertiary/aromatic N) is 2. The summed E-state index contributed by atoms with van der Waals surface area (Å²) in [6.45, 7) is 23.5. The molecular formula is C43H53IrN2O2S3-. The minimum atomic E-state index is -0.337. The number of fused-ring (bicyclic) bond motifs is 6. The summed E-state index contributed by atoms with van der Waals surface area (Å²) in [5.41, 5.74) is 3.93. The van der Waals surface area contributed by atoms with Gasteiger partial charge in [0.05, 0.1) is 5.52 Å². The van der Waals surface area contributed by atoms with Crippen molar-refractivity contribution in [2.75, 3.05) is 0 Å². The molecule has 0 unspecified atom stereocenters. The third kappa shape index (κ3) is 8.36. The first-order valence-electron chi connectivity index (χ1n) is 18.1. The van der Waals surface area contributed by atoms with Gasteiger partial charge in [-0.05, 0) is 71.0 Å². The van der Waals surface area contributed by atoms with Gasteiger partial charge in [0.15, 0.2) is 5.78 Å². The molecule has 0 fully saturated rings. The number of hydrogen-bond donors (Lipinski definition) is 1. The number of aliphatic hydroxyl groups is 1. The summed E-state index contributed by atoms with van der Waals surface area (Å²) in [7, 11) is 0. The number of carbonyl (C=O) groups is 1. The molecule has 0 aliphatic rings. The van der Waals surface area contributed by atoms with Gasteiger partial charge in [0.25, 0.3) is 0 Å². The zero-order chi connectivity index (χ0) is 36.6. The van der Waals surface area contributed by atoms with E-state index in [1.165, 1.54) is 46.8 Å². The molecule has 4 heterocycles. The molecule has 275 valence electrons. The van der Waals surface area contributed by atoms with Gasteiger partial charge < -0.3 is 5.11 Å². The van der Waals surface area contributed by atoms with E-state index in [4.69, 9.17) is 9.97 Å². The van der Waals surface area contributed by atoms with Crippen LogP contribution in [0.5, 0.6) is 0 Å². The molecule has 0 atom stereocenters. The molecule has 0 aliphatic heterocycles. The maximum absolute atomic E-state index is 12.2. The Bertz CT molecular complexity index is 2170. The summed E-state index contributed by atoms with van der Waals surface area (Å²) in [6.07, 6.45) is 7.60. The predicted octanol–water partition coefficient (Wildman–Crippen LogP) is 13.9. The second-order valence-corrected chi connectivity index (χ2v) is 18.7. The predicted molar refractivity (Wildman–Crippen MR) is 220 cm³/mol. The summed E-state index contributed by atoms with van der Waals surface area (Å²) in [5, 5.41) is 16.1. The molecular weight excluding hydrogens is 865 g/mol. The quantitative estimate of drug-likeness (QED) is 0.0845. The van der Waals surface area contributed by atoms with Gasteiger partial charge in [-0.15, -0.1) is 46.3 Å². The van der Waals surface area contributed by atoms with Gasteiger partial charge in [-0.2, -0.15) is 11.3 Å². The van der Waals surface area contributed by atoms with Crippen molar-refractivity contribution >= 4 is 80.3 Å². The Morgan fingerprint density at radius 1 is 0.882 bits per heavy atom.